The van der Waals surface area contributed by atoms with Crippen molar-refractivity contribution in [2.24, 2.45) is 0 Å². The molecule has 0 aliphatic carbocycles. The number of rotatable bonds is 5. The maximum absolute atomic E-state index is 12.6. The van der Waals surface area contributed by atoms with Crippen molar-refractivity contribution in [3.8, 4) is 0 Å². The van der Waals surface area contributed by atoms with Gasteiger partial charge in [-0.3, -0.25) is 0 Å². The van der Waals surface area contributed by atoms with E-state index in [2.05, 4.69) is 22.0 Å². The highest BCUT2D eigenvalue weighted by Gasteiger charge is 2.38. The van der Waals surface area contributed by atoms with E-state index in [4.69, 9.17) is 4.52 Å². The predicted molar refractivity (Wildman–Crippen MR) is 75.0 cm³/mol. The highest BCUT2D eigenvalue weighted by atomic mass is 32.2. The lowest BCUT2D eigenvalue weighted by molar-refractivity contribution is 0.343. The van der Waals surface area contributed by atoms with Crippen molar-refractivity contribution in [2.75, 3.05) is 6.54 Å². The highest BCUT2D eigenvalue weighted by molar-refractivity contribution is 7.89. The van der Waals surface area contributed by atoms with E-state index in [-0.39, 0.29) is 11.1 Å². The number of aromatic nitrogens is 3. The van der Waals surface area contributed by atoms with Gasteiger partial charge in [0.25, 0.3) is 10.0 Å². The van der Waals surface area contributed by atoms with Crippen LogP contribution in [-0.2, 0) is 16.4 Å². The van der Waals surface area contributed by atoms with Crippen LogP contribution in [0.5, 0.6) is 0 Å². The number of nitrogens with one attached hydrogen (secondary N) is 1. The average Bonchev–Trinajstić information content (AvgIpc) is 3.20. The minimum atomic E-state index is -3.56. The normalized spacial score (nSPS) is 20.1. The van der Waals surface area contributed by atoms with Crippen LogP contribution in [0.4, 0.5) is 0 Å². The molecule has 3 heterocycles. The summed E-state index contributed by atoms with van der Waals surface area (Å²) in [5.74, 6) is 0.804. The van der Waals surface area contributed by atoms with E-state index in [1.165, 1.54) is 16.8 Å². The fourth-order valence-electron chi connectivity index (χ4n) is 2.68. The van der Waals surface area contributed by atoms with Gasteiger partial charge >= 0.3 is 0 Å². The number of aryl methyl sites for hydroxylation is 1. The summed E-state index contributed by atoms with van der Waals surface area (Å²) in [4.78, 5) is 6.46. The minimum Gasteiger partial charge on any atom is -0.361 e. The maximum Gasteiger partial charge on any atom is 0.260 e. The summed E-state index contributed by atoms with van der Waals surface area (Å²) in [6, 6.07) is 1.61. The Kier molecular flexibility index (Phi) is 3.81. The molecule has 0 saturated carbocycles. The van der Waals surface area contributed by atoms with Crippen molar-refractivity contribution < 1.29 is 12.9 Å². The third kappa shape index (κ3) is 2.60. The molecule has 0 spiro atoms. The van der Waals surface area contributed by atoms with Crippen LogP contribution in [0.15, 0.2) is 28.1 Å². The van der Waals surface area contributed by atoms with Crippen LogP contribution in [-0.4, -0.2) is 34.4 Å². The molecule has 3 rings (SSSR count). The second kappa shape index (κ2) is 5.61. The summed E-state index contributed by atoms with van der Waals surface area (Å²) in [5.41, 5.74) is 0.694. The van der Waals surface area contributed by atoms with Crippen LogP contribution in [0.3, 0.4) is 0 Å². The molecule has 0 radical (unpaired) electrons. The van der Waals surface area contributed by atoms with Gasteiger partial charge in [0.15, 0.2) is 5.03 Å². The van der Waals surface area contributed by atoms with Crippen LogP contribution >= 0.6 is 0 Å². The molecule has 1 N–H and O–H groups in total. The number of hydrogen-bond donors (Lipinski definition) is 1. The van der Waals surface area contributed by atoms with E-state index >= 15 is 0 Å². The average molecular weight is 310 g/mol. The van der Waals surface area contributed by atoms with Gasteiger partial charge in [-0.15, -0.1) is 0 Å². The zero-order valence-electron chi connectivity index (χ0n) is 11.8. The Bertz CT molecular complexity index is 693. The van der Waals surface area contributed by atoms with Gasteiger partial charge in [-0.2, -0.15) is 4.31 Å². The van der Waals surface area contributed by atoms with Gasteiger partial charge < -0.3 is 9.51 Å². The van der Waals surface area contributed by atoms with E-state index in [9.17, 15) is 8.42 Å². The summed E-state index contributed by atoms with van der Waals surface area (Å²) in [5, 5.41) is 4.17. The highest BCUT2D eigenvalue weighted by Crippen LogP contribution is 2.35. The summed E-state index contributed by atoms with van der Waals surface area (Å²) in [6.45, 7) is 2.55. The Morgan fingerprint density at radius 1 is 1.52 bits per heavy atom. The van der Waals surface area contributed by atoms with Gasteiger partial charge in [0, 0.05) is 19.0 Å². The van der Waals surface area contributed by atoms with Crippen LogP contribution in [0.1, 0.15) is 43.7 Å². The van der Waals surface area contributed by atoms with Crippen LogP contribution in [0.2, 0.25) is 0 Å². The molecule has 1 aliphatic rings. The zero-order valence-corrected chi connectivity index (χ0v) is 12.6. The molecule has 2 aromatic heterocycles. The molecule has 0 amide bonds. The molecule has 8 heteroatoms. The molecule has 114 valence electrons. The molecular formula is C13H18N4O3S. The molecule has 2 aromatic rings. The number of nitrogens with zero attached hydrogens (tertiary/aromatic N) is 3. The quantitative estimate of drug-likeness (QED) is 0.910. The molecule has 1 fully saturated rings. The van der Waals surface area contributed by atoms with Gasteiger partial charge in [0.05, 0.1) is 18.6 Å². The lowest BCUT2D eigenvalue weighted by Gasteiger charge is -2.21. The van der Waals surface area contributed by atoms with E-state index in [0.29, 0.717) is 12.2 Å². The largest absolute Gasteiger partial charge is 0.361 e. The van der Waals surface area contributed by atoms with E-state index < -0.39 is 10.0 Å². The van der Waals surface area contributed by atoms with Crippen LogP contribution in [0, 0.1) is 0 Å². The second-order valence-electron chi connectivity index (χ2n) is 5.16. The molecule has 7 nitrogen and oxygen atoms in total. The summed E-state index contributed by atoms with van der Waals surface area (Å²) in [6.07, 6.45) is 6.05. The molecule has 0 unspecified atom stereocenters. The SMILES string of the molecule is CCCc1cc([C@@H]2CCCN2S(=O)(=O)c2cnc[nH]2)no1. The number of aromatic amines is 1. The molecular weight excluding hydrogens is 292 g/mol. The third-order valence-electron chi connectivity index (χ3n) is 3.68. The Balaban J connectivity index is 1.88. The van der Waals surface area contributed by atoms with Crippen molar-refractivity contribution in [1.29, 1.82) is 0 Å². The first kappa shape index (κ1) is 14.3. The molecule has 1 atom stereocenters. The summed E-state index contributed by atoms with van der Waals surface area (Å²) < 4.78 is 32.0. The topological polar surface area (TPSA) is 92.1 Å². The van der Waals surface area contributed by atoms with Gasteiger partial charge in [-0.25, -0.2) is 13.4 Å². The molecule has 1 saturated heterocycles. The first-order valence-corrected chi connectivity index (χ1v) is 8.52. The monoisotopic (exact) mass is 310 g/mol. The predicted octanol–water partition coefficient (Wildman–Crippen LogP) is 1.88. The number of imidazole rings is 1. The van der Waals surface area contributed by atoms with Gasteiger partial charge in [0.2, 0.25) is 0 Å². The zero-order chi connectivity index (χ0) is 14.9. The molecule has 21 heavy (non-hydrogen) atoms. The summed E-state index contributed by atoms with van der Waals surface area (Å²) >= 11 is 0. The smallest absolute Gasteiger partial charge is 0.260 e. The first-order chi connectivity index (χ1) is 10.1. The Morgan fingerprint density at radius 2 is 2.38 bits per heavy atom. The van der Waals surface area contributed by atoms with Gasteiger partial charge in [-0.1, -0.05) is 12.1 Å². The molecule has 0 bridgehead atoms. The van der Waals surface area contributed by atoms with Crippen molar-refractivity contribution in [3.05, 3.63) is 30.0 Å². The fraction of sp³-hybridized carbons (Fsp3) is 0.538. The van der Waals surface area contributed by atoms with E-state index in [1.807, 2.05) is 6.07 Å². The minimum absolute atomic E-state index is 0.117. The van der Waals surface area contributed by atoms with Crippen molar-refractivity contribution in [3.63, 3.8) is 0 Å². The number of H-pyrrole nitrogens is 1. The Morgan fingerprint density at radius 3 is 3.10 bits per heavy atom. The van der Waals surface area contributed by atoms with Crippen LogP contribution in [0.25, 0.3) is 0 Å². The van der Waals surface area contributed by atoms with E-state index in [1.54, 1.807) is 0 Å². The maximum atomic E-state index is 12.6. The van der Waals surface area contributed by atoms with Crippen molar-refractivity contribution in [2.45, 2.75) is 43.7 Å². The number of sulfonamides is 1. The van der Waals surface area contributed by atoms with Gasteiger partial charge in [0.1, 0.15) is 11.5 Å². The second-order valence-corrected chi connectivity index (χ2v) is 7.02. The first-order valence-electron chi connectivity index (χ1n) is 7.08. The van der Waals surface area contributed by atoms with Gasteiger partial charge in [-0.05, 0) is 19.3 Å². The molecule has 1 aliphatic heterocycles. The Hall–Kier alpha value is -1.67. The third-order valence-corrected chi connectivity index (χ3v) is 5.51. The fourth-order valence-corrected chi connectivity index (χ4v) is 4.25. The van der Waals surface area contributed by atoms with Crippen LogP contribution < -0.4 is 0 Å². The lowest BCUT2D eigenvalue weighted by atomic mass is 10.1. The standard InChI is InChI=1S/C13H18N4O3S/c1-2-4-10-7-11(16-20-10)12-5-3-6-17(12)21(18,19)13-8-14-9-15-13/h7-9,12H,2-6H2,1H3,(H,14,15)/t12-/m0/s1. The van der Waals surface area contributed by atoms with E-state index in [0.717, 1.165) is 31.4 Å². The molecule has 0 aromatic carbocycles. The number of hydrogen-bond acceptors (Lipinski definition) is 5. The Labute approximate surface area is 123 Å². The van der Waals surface area contributed by atoms with Crippen molar-refractivity contribution >= 4 is 10.0 Å². The summed E-state index contributed by atoms with van der Waals surface area (Å²) in [7, 11) is -3.56. The van der Waals surface area contributed by atoms with Crippen molar-refractivity contribution in [1.82, 2.24) is 19.4 Å². The lowest BCUT2D eigenvalue weighted by Crippen LogP contribution is -2.31.